The molecular formula is C8H16FNO. The molecule has 66 valence electrons. The van der Waals surface area contributed by atoms with Gasteiger partial charge in [0, 0.05) is 13.5 Å². The first-order valence-corrected chi connectivity index (χ1v) is 3.85. The van der Waals surface area contributed by atoms with Crippen molar-refractivity contribution in [2.75, 3.05) is 6.54 Å². The summed E-state index contributed by atoms with van der Waals surface area (Å²) in [6.07, 6.45) is 1.19. The number of amides is 1. The standard InChI is InChI=1S/C8H16FNO/c1-7(11)10-6-4-5-8(2,3)9/h4-6H2,1-3H3,(H,10,11). The topological polar surface area (TPSA) is 29.1 Å². The highest BCUT2D eigenvalue weighted by molar-refractivity contribution is 5.72. The Kier molecular flexibility index (Phi) is 4.08. The number of rotatable bonds is 4. The van der Waals surface area contributed by atoms with Crippen LogP contribution in [0, 0.1) is 0 Å². The van der Waals surface area contributed by atoms with E-state index in [-0.39, 0.29) is 5.91 Å². The van der Waals surface area contributed by atoms with Gasteiger partial charge in [-0.3, -0.25) is 4.79 Å². The van der Waals surface area contributed by atoms with Crippen molar-refractivity contribution in [2.45, 2.75) is 39.3 Å². The first kappa shape index (κ1) is 10.4. The molecular weight excluding hydrogens is 145 g/mol. The van der Waals surface area contributed by atoms with Gasteiger partial charge in [-0.15, -0.1) is 0 Å². The minimum absolute atomic E-state index is 0.0540. The molecule has 0 radical (unpaired) electrons. The van der Waals surface area contributed by atoms with Crippen molar-refractivity contribution < 1.29 is 9.18 Å². The molecule has 1 N–H and O–H groups in total. The molecule has 0 aliphatic rings. The highest BCUT2D eigenvalue weighted by atomic mass is 19.1. The molecule has 0 heterocycles. The van der Waals surface area contributed by atoms with Gasteiger partial charge in [0.05, 0.1) is 0 Å². The normalized spacial score (nSPS) is 11.3. The molecule has 0 rings (SSSR count). The lowest BCUT2D eigenvalue weighted by Crippen LogP contribution is -2.23. The van der Waals surface area contributed by atoms with Crippen molar-refractivity contribution in [3.05, 3.63) is 0 Å². The lowest BCUT2D eigenvalue weighted by atomic mass is 10.1. The van der Waals surface area contributed by atoms with Gasteiger partial charge in [0.2, 0.25) is 5.91 Å². The number of alkyl halides is 1. The van der Waals surface area contributed by atoms with E-state index in [0.29, 0.717) is 19.4 Å². The average Bonchev–Trinajstić information content (AvgIpc) is 1.78. The molecule has 0 bridgehead atoms. The molecule has 0 spiro atoms. The van der Waals surface area contributed by atoms with E-state index in [1.165, 1.54) is 6.92 Å². The lowest BCUT2D eigenvalue weighted by Gasteiger charge is -2.12. The summed E-state index contributed by atoms with van der Waals surface area (Å²) in [5, 5.41) is 2.61. The highest BCUT2D eigenvalue weighted by Crippen LogP contribution is 2.14. The Morgan fingerprint density at radius 3 is 2.45 bits per heavy atom. The molecule has 0 saturated heterocycles. The van der Waals surface area contributed by atoms with Crippen LogP contribution < -0.4 is 5.32 Å². The summed E-state index contributed by atoms with van der Waals surface area (Å²) in [4.78, 5) is 10.4. The van der Waals surface area contributed by atoms with Crippen molar-refractivity contribution in [3.8, 4) is 0 Å². The summed E-state index contributed by atoms with van der Waals surface area (Å²) in [6.45, 7) is 5.12. The summed E-state index contributed by atoms with van der Waals surface area (Å²) in [5.41, 5.74) is -1.11. The number of hydrogen-bond donors (Lipinski definition) is 1. The monoisotopic (exact) mass is 161 g/mol. The maximum atomic E-state index is 12.8. The molecule has 0 unspecified atom stereocenters. The summed E-state index contributed by atoms with van der Waals surface area (Å²) in [7, 11) is 0. The van der Waals surface area contributed by atoms with Crippen LogP contribution in [0.5, 0.6) is 0 Å². The van der Waals surface area contributed by atoms with E-state index in [4.69, 9.17) is 0 Å². The minimum Gasteiger partial charge on any atom is -0.356 e. The molecule has 11 heavy (non-hydrogen) atoms. The van der Waals surface area contributed by atoms with E-state index in [1.807, 2.05) is 0 Å². The highest BCUT2D eigenvalue weighted by Gasteiger charge is 2.13. The Morgan fingerprint density at radius 1 is 1.55 bits per heavy atom. The van der Waals surface area contributed by atoms with E-state index < -0.39 is 5.67 Å². The van der Waals surface area contributed by atoms with Crippen molar-refractivity contribution >= 4 is 5.91 Å². The molecule has 0 fully saturated rings. The number of carbonyl (C=O) groups excluding carboxylic acids is 1. The number of halogens is 1. The van der Waals surface area contributed by atoms with Gasteiger partial charge in [-0.2, -0.15) is 0 Å². The van der Waals surface area contributed by atoms with E-state index in [1.54, 1.807) is 13.8 Å². The zero-order chi connectivity index (χ0) is 8.91. The molecule has 0 aromatic rings. The quantitative estimate of drug-likeness (QED) is 0.624. The van der Waals surface area contributed by atoms with Gasteiger partial charge >= 0.3 is 0 Å². The number of hydrogen-bond acceptors (Lipinski definition) is 1. The second-order valence-corrected chi connectivity index (χ2v) is 3.31. The van der Waals surface area contributed by atoms with Gasteiger partial charge in [0.15, 0.2) is 0 Å². The van der Waals surface area contributed by atoms with Crippen LogP contribution in [-0.4, -0.2) is 18.1 Å². The summed E-state index contributed by atoms with van der Waals surface area (Å²) >= 11 is 0. The van der Waals surface area contributed by atoms with Crippen LogP contribution in [-0.2, 0) is 4.79 Å². The van der Waals surface area contributed by atoms with Gasteiger partial charge in [0.1, 0.15) is 5.67 Å². The zero-order valence-corrected chi connectivity index (χ0v) is 7.41. The Bertz CT molecular complexity index is 129. The lowest BCUT2D eigenvalue weighted by molar-refractivity contribution is -0.119. The van der Waals surface area contributed by atoms with Gasteiger partial charge in [-0.25, -0.2) is 4.39 Å². The Balaban J connectivity index is 3.22. The Morgan fingerprint density at radius 2 is 2.09 bits per heavy atom. The maximum absolute atomic E-state index is 12.8. The Hall–Kier alpha value is -0.600. The zero-order valence-electron chi connectivity index (χ0n) is 7.41. The van der Waals surface area contributed by atoms with Gasteiger partial charge < -0.3 is 5.32 Å². The average molecular weight is 161 g/mol. The predicted octanol–water partition coefficient (Wildman–Crippen LogP) is 1.65. The van der Waals surface area contributed by atoms with Crippen molar-refractivity contribution in [3.63, 3.8) is 0 Å². The first-order valence-electron chi connectivity index (χ1n) is 3.85. The van der Waals surface area contributed by atoms with Crippen molar-refractivity contribution in [1.29, 1.82) is 0 Å². The van der Waals surface area contributed by atoms with E-state index in [2.05, 4.69) is 5.32 Å². The van der Waals surface area contributed by atoms with Crippen LogP contribution >= 0.6 is 0 Å². The third-order valence-corrected chi connectivity index (χ3v) is 1.32. The van der Waals surface area contributed by atoms with Crippen LogP contribution in [0.2, 0.25) is 0 Å². The van der Waals surface area contributed by atoms with Crippen LogP contribution in [0.15, 0.2) is 0 Å². The largest absolute Gasteiger partial charge is 0.356 e. The molecule has 2 nitrogen and oxygen atoms in total. The third kappa shape index (κ3) is 9.40. The fourth-order valence-corrected chi connectivity index (χ4v) is 0.773. The molecule has 3 heteroatoms. The maximum Gasteiger partial charge on any atom is 0.216 e. The molecule has 1 amide bonds. The molecule has 0 aromatic carbocycles. The fraction of sp³-hybridized carbons (Fsp3) is 0.875. The van der Waals surface area contributed by atoms with E-state index in [9.17, 15) is 9.18 Å². The van der Waals surface area contributed by atoms with Gasteiger partial charge in [-0.1, -0.05) is 0 Å². The van der Waals surface area contributed by atoms with Crippen LogP contribution in [0.3, 0.4) is 0 Å². The third-order valence-electron chi connectivity index (χ3n) is 1.32. The fourth-order valence-electron chi connectivity index (χ4n) is 0.773. The Labute approximate surface area is 67.2 Å². The molecule has 0 atom stereocenters. The predicted molar refractivity (Wildman–Crippen MR) is 43.1 cm³/mol. The second kappa shape index (κ2) is 4.31. The molecule has 0 aromatic heterocycles. The summed E-state index contributed by atoms with van der Waals surface area (Å²) in [5.74, 6) is -0.0540. The van der Waals surface area contributed by atoms with Crippen molar-refractivity contribution in [1.82, 2.24) is 5.32 Å². The van der Waals surface area contributed by atoms with Crippen molar-refractivity contribution in [2.24, 2.45) is 0 Å². The van der Waals surface area contributed by atoms with Crippen LogP contribution in [0.4, 0.5) is 4.39 Å². The smallest absolute Gasteiger partial charge is 0.216 e. The van der Waals surface area contributed by atoms with Crippen LogP contribution in [0.1, 0.15) is 33.6 Å². The van der Waals surface area contributed by atoms with Gasteiger partial charge in [0.25, 0.3) is 0 Å². The van der Waals surface area contributed by atoms with Crippen LogP contribution in [0.25, 0.3) is 0 Å². The summed E-state index contributed by atoms with van der Waals surface area (Å²) in [6, 6.07) is 0. The van der Waals surface area contributed by atoms with E-state index >= 15 is 0 Å². The second-order valence-electron chi connectivity index (χ2n) is 3.31. The van der Waals surface area contributed by atoms with Gasteiger partial charge in [-0.05, 0) is 26.7 Å². The molecule has 0 saturated carbocycles. The SMILES string of the molecule is CC(=O)NCCCC(C)(C)F. The number of nitrogens with one attached hydrogen (secondary N) is 1. The minimum atomic E-state index is -1.11. The molecule has 0 aliphatic carbocycles. The summed E-state index contributed by atoms with van der Waals surface area (Å²) < 4.78 is 12.8. The number of carbonyl (C=O) groups is 1. The molecule has 0 aliphatic heterocycles. The van der Waals surface area contributed by atoms with E-state index in [0.717, 1.165) is 0 Å². The first-order chi connectivity index (χ1) is 4.92.